The van der Waals surface area contributed by atoms with Gasteiger partial charge in [0.15, 0.2) is 0 Å². The highest BCUT2D eigenvalue weighted by Gasteiger charge is 2.25. The van der Waals surface area contributed by atoms with E-state index in [0.717, 1.165) is 44.6 Å². The molecule has 2 fully saturated rings. The molecule has 1 aromatic carbocycles. The third-order valence-electron chi connectivity index (χ3n) is 4.12. The maximum atomic E-state index is 14.1. The Morgan fingerprint density at radius 3 is 2.85 bits per heavy atom. The van der Waals surface area contributed by atoms with Crippen molar-refractivity contribution in [2.24, 2.45) is 5.92 Å². The first-order valence-corrected chi connectivity index (χ1v) is 7.31. The number of benzene rings is 1. The van der Waals surface area contributed by atoms with E-state index >= 15 is 0 Å². The van der Waals surface area contributed by atoms with Crippen molar-refractivity contribution in [2.45, 2.75) is 19.3 Å². The largest absolute Gasteiger partial charge is 0.370 e. The van der Waals surface area contributed by atoms with Crippen molar-refractivity contribution in [3.05, 3.63) is 24.0 Å². The van der Waals surface area contributed by atoms with Gasteiger partial charge in [0.25, 0.3) is 0 Å². The van der Waals surface area contributed by atoms with Crippen LogP contribution in [-0.4, -0.2) is 32.1 Å². The molecule has 5 heteroatoms. The van der Waals surface area contributed by atoms with Crippen molar-refractivity contribution < 1.29 is 9.18 Å². The molecule has 2 N–H and O–H groups in total. The number of rotatable bonds is 3. The predicted octanol–water partition coefficient (Wildman–Crippen LogP) is 1.97. The third kappa shape index (κ3) is 2.63. The number of hydrogen-bond donors (Lipinski definition) is 2. The van der Waals surface area contributed by atoms with Gasteiger partial charge >= 0.3 is 0 Å². The third-order valence-corrected chi connectivity index (χ3v) is 4.12. The number of nitrogens with zero attached hydrogens (tertiary/aromatic N) is 1. The minimum absolute atomic E-state index is 0.0546. The van der Waals surface area contributed by atoms with Gasteiger partial charge in [0.05, 0.1) is 11.6 Å². The summed E-state index contributed by atoms with van der Waals surface area (Å²) in [5, 5.41) is 5.96. The quantitative estimate of drug-likeness (QED) is 0.888. The summed E-state index contributed by atoms with van der Waals surface area (Å²) in [5.41, 5.74) is 1.15. The highest BCUT2D eigenvalue weighted by atomic mass is 19.1. The van der Waals surface area contributed by atoms with Crippen molar-refractivity contribution in [1.82, 2.24) is 5.32 Å². The van der Waals surface area contributed by atoms with E-state index < -0.39 is 0 Å². The second-order valence-electron chi connectivity index (χ2n) is 5.51. The molecule has 1 atom stereocenters. The zero-order valence-electron chi connectivity index (χ0n) is 11.5. The smallest absolute Gasteiger partial charge is 0.228 e. The molecule has 0 radical (unpaired) electrons. The van der Waals surface area contributed by atoms with E-state index in [1.54, 1.807) is 6.07 Å². The number of amides is 1. The van der Waals surface area contributed by atoms with Gasteiger partial charge in [-0.3, -0.25) is 4.79 Å². The van der Waals surface area contributed by atoms with Gasteiger partial charge in [-0.2, -0.15) is 0 Å². The Morgan fingerprint density at radius 2 is 2.15 bits per heavy atom. The summed E-state index contributed by atoms with van der Waals surface area (Å²) >= 11 is 0. The highest BCUT2D eigenvalue weighted by molar-refractivity contribution is 5.96. The molecule has 0 saturated carbocycles. The van der Waals surface area contributed by atoms with Crippen LogP contribution in [0.1, 0.15) is 19.3 Å². The summed E-state index contributed by atoms with van der Waals surface area (Å²) in [6.07, 6.45) is 3.06. The molecule has 0 aliphatic carbocycles. The molecule has 0 bridgehead atoms. The van der Waals surface area contributed by atoms with E-state index in [1.165, 1.54) is 6.07 Å². The van der Waals surface area contributed by atoms with Gasteiger partial charge in [0.2, 0.25) is 5.91 Å². The first-order valence-electron chi connectivity index (χ1n) is 7.31. The molecule has 108 valence electrons. The molecule has 2 saturated heterocycles. The molecule has 4 nitrogen and oxygen atoms in total. The van der Waals surface area contributed by atoms with Crippen molar-refractivity contribution in [1.29, 1.82) is 0 Å². The SMILES string of the molecule is O=C(Nc1c(F)cccc1N1CCCC1)C1CCNC1. The van der Waals surface area contributed by atoms with E-state index in [9.17, 15) is 9.18 Å². The van der Waals surface area contributed by atoms with Crippen LogP contribution < -0.4 is 15.5 Å². The summed E-state index contributed by atoms with van der Waals surface area (Å²) in [4.78, 5) is 14.3. The molecule has 2 aliphatic heterocycles. The van der Waals surface area contributed by atoms with Gasteiger partial charge in [-0.1, -0.05) is 6.07 Å². The zero-order valence-corrected chi connectivity index (χ0v) is 11.5. The van der Waals surface area contributed by atoms with Crippen molar-refractivity contribution >= 4 is 17.3 Å². The fourth-order valence-corrected chi connectivity index (χ4v) is 2.96. The molecule has 2 heterocycles. The van der Waals surface area contributed by atoms with Crippen LogP contribution in [0.4, 0.5) is 15.8 Å². The average Bonchev–Trinajstić information content (AvgIpc) is 3.14. The highest BCUT2D eigenvalue weighted by Crippen LogP contribution is 2.31. The molecule has 1 amide bonds. The Labute approximate surface area is 118 Å². The van der Waals surface area contributed by atoms with E-state index in [4.69, 9.17) is 0 Å². The summed E-state index contributed by atoms with van der Waals surface area (Å²) in [6, 6.07) is 4.99. The number of para-hydroxylation sites is 1. The number of nitrogens with one attached hydrogen (secondary N) is 2. The molecule has 2 aliphatic rings. The second-order valence-corrected chi connectivity index (χ2v) is 5.51. The maximum absolute atomic E-state index is 14.1. The van der Waals surface area contributed by atoms with Gasteiger partial charge in [-0.05, 0) is 37.9 Å². The lowest BCUT2D eigenvalue weighted by molar-refractivity contribution is -0.119. The van der Waals surface area contributed by atoms with E-state index in [0.29, 0.717) is 12.2 Å². The van der Waals surface area contributed by atoms with Crippen LogP contribution in [0.2, 0.25) is 0 Å². The van der Waals surface area contributed by atoms with Gasteiger partial charge < -0.3 is 15.5 Å². The Bertz CT molecular complexity index is 494. The van der Waals surface area contributed by atoms with Crippen LogP contribution in [-0.2, 0) is 4.79 Å². The van der Waals surface area contributed by atoms with Gasteiger partial charge in [0.1, 0.15) is 11.5 Å². The minimum Gasteiger partial charge on any atom is -0.370 e. The Morgan fingerprint density at radius 1 is 1.35 bits per heavy atom. The normalized spacial score (nSPS) is 22.2. The predicted molar refractivity (Wildman–Crippen MR) is 77.5 cm³/mol. The first kappa shape index (κ1) is 13.4. The standard InChI is InChI=1S/C15H20FN3O/c16-12-4-3-5-13(19-8-1-2-9-19)14(12)18-15(20)11-6-7-17-10-11/h3-5,11,17H,1-2,6-10H2,(H,18,20). The maximum Gasteiger partial charge on any atom is 0.228 e. The van der Waals surface area contributed by atoms with Crippen molar-refractivity contribution in [3.63, 3.8) is 0 Å². The van der Waals surface area contributed by atoms with Crippen LogP contribution in [0.3, 0.4) is 0 Å². The van der Waals surface area contributed by atoms with Crippen LogP contribution in [0.5, 0.6) is 0 Å². The van der Waals surface area contributed by atoms with Crippen LogP contribution in [0, 0.1) is 11.7 Å². The first-order chi connectivity index (χ1) is 9.75. The zero-order chi connectivity index (χ0) is 13.9. The van der Waals surface area contributed by atoms with Crippen molar-refractivity contribution in [2.75, 3.05) is 36.4 Å². The summed E-state index contributed by atoms with van der Waals surface area (Å²) in [6.45, 7) is 3.39. The monoisotopic (exact) mass is 277 g/mol. The molecular weight excluding hydrogens is 257 g/mol. The summed E-state index contributed by atoms with van der Waals surface area (Å²) < 4.78 is 14.1. The van der Waals surface area contributed by atoms with Gasteiger partial charge in [-0.25, -0.2) is 4.39 Å². The lowest BCUT2D eigenvalue weighted by Gasteiger charge is -2.22. The molecule has 1 unspecified atom stereocenters. The van der Waals surface area contributed by atoms with E-state index in [1.807, 2.05) is 6.07 Å². The molecule has 20 heavy (non-hydrogen) atoms. The molecule has 0 aromatic heterocycles. The molecule has 0 spiro atoms. The van der Waals surface area contributed by atoms with Crippen molar-refractivity contribution in [3.8, 4) is 0 Å². The lowest BCUT2D eigenvalue weighted by atomic mass is 10.1. The molecule has 1 aromatic rings. The number of halogens is 1. The Hall–Kier alpha value is -1.62. The van der Waals surface area contributed by atoms with Gasteiger partial charge in [0, 0.05) is 19.6 Å². The second kappa shape index (κ2) is 5.79. The van der Waals surface area contributed by atoms with E-state index in [2.05, 4.69) is 15.5 Å². The lowest BCUT2D eigenvalue weighted by Crippen LogP contribution is -2.27. The summed E-state index contributed by atoms with van der Waals surface area (Å²) in [7, 11) is 0. The average molecular weight is 277 g/mol. The topological polar surface area (TPSA) is 44.4 Å². The minimum atomic E-state index is -0.353. The molecular formula is C15H20FN3O. The number of hydrogen-bond acceptors (Lipinski definition) is 3. The Balaban J connectivity index is 1.81. The molecule has 3 rings (SSSR count). The number of anilines is 2. The number of carbonyl (C=O) groups excluding carboxylic acids is 1. The van der Waals surface area contributed by atoms with Crippen LogP contribution in [0.15, 0.2) is 18.2 Å². The fraction of sp³-hybridized carbons (Fsp3) is 0.533. The Kier molecular flexibility index (Phi) is 3.87. The van der Waals surface area contributed by atoms with Crippen LogP contribution in [0.25, 0.3) is 0 Å². The van der Waals surface area contributed by atoms with Crippen LogP contribution >= 0.6 is 0 Å². The number of carbonyl (C=O) groups is 1. The summed E-state index contributed by atoms with van der Waals surface area (Å²) in [5.74, 6) is -0.490. The fourth-order valence-electron chi connectivity index (χ4n) is 2.96. The van der Waals surface area contributed by atoms with Gasteiger partial charge in [-0.15, -0.1) is 0 Å². The van der Waals surface area contributed by atoms with E-state index in [-0.39, 0.29) is 17.6 Å².